The van der Waals surface area contributed by atoms with E-state index in [2.05, 4.69) is 10.6 Å². The van der Waals surface area contributed by atoms with Crippen LogP contribution in [0, 0.1) is 6.92 Å². The second kappa shape index (κ2) is 7.40. The predicted octanol–water partition coefficient (Wildman–Crippen LogP) is 3.54. The lowest BCUT2D eigenvalue weighted by Gasteiger charge is -2.15. The Bertz CT molecular complexity index is 719. The van der Waals surface area contributed by atoms with Crippen LogP contribution >= 0.6 is 11.8 Å². The number of imide groups is 1. The molecular weight excluding hydrogens is 322 g/mol. The molecule has 1 heterocycles. The van der Waals surface area contributed by atoms with Crippen LogP contribution in [0.1, 0.15) is 5.56 Å². The van der Waals surface area contributed by atoms with Gasteiger partial charge in [0.1, 0.15) is 0 Å². The van der Waals surface area contributed by atoms with Crippen molar-refractivity contribution in [1.82, 2.24) is 4.90 Å². The lowest BCUT2D eigenvalue weighted by Crippen LogP contribution is -2.37. The largest absolute Gasteiger partial charge is 0.383 e. The number of hydrogen-bond acceptors (Lipinski definition) is 5. The molecule has 0 saturated carbocycles. The van der Waals surface area contributed by atoms with Crippen molar-refractivity contribution < 1.29 is 9.59 Å². The Morgan fingerprint density at radius 1 is 1.00 bits per heavy atom. The molecule has 2 aromatic carbocycles. The lowest BCUT2D eigenvalue weighted by atomic mass is 10.2. The van der Waals surface area contributed by atoms with Crippen LogP contribution in [0.5, 0.6) is 0 Å². The van der Waals surface area contributed by atoms with Gasteiger partial charge in [0, 0.05) is 24.5 Å². The van der Waals surface area contributed by atoms with Crippen LogP contribution in [0.25, 0.3) is 0 Å². The number of thioether (sulfide) groups is 1. The molecule has 24 heavy (non-hydrogen) atoms. The zero-order chi connectivity index (χ0) is 16.9. The predicted molar refractivity (Wildman–Crippen MR) is 98.2 cm³/mol. The van der Waals surface area contributed by atoms with E-state index in [1.807, 2.05) is 61.5 Å². The second-order valence-corrected chi connectivity index (χ2v) is 6.61. The van der Waals surface area contributed by atoms with Crippen molar-refractivity contribution in [3.05, 3.63) is 60.2 Å². The number of anilines is 2. The van der Waals surface area contributed by atoms with Crippen molar-refractivity contribution in [3.63, 3.8) is 0 Å². The number of nitrogens with zero attached hydrogens (tertiary/aromatic N) is 1. The number of rotatable bonds is 6. The Hall–Kier alpha value is -2.47. The summed E-state index contributed by atoms with van der Waals surface area (Å²) in [5, 5.41) is 5.56. The minimum Gasteiger partial charge on any atom is -0.383 e. The Morgan fingerprint density at radius 3 is 2.42 bits per heavy atom. The first-order valence-corrected chi connectivity index (χ1v) is 8.65. The average molecular weight is 341 g/mol. The summed E-state index contributed by atoms with van der Waals surface area (Å²) in [7, 11) is 0. The molecule has 2 N–H and O–H groups in total. The summed E-state index contributed by atoms with van der Waals surface area (Å²) in [5.74, 6) is -0.195. The third-order valence-corrected chi connectivity index (χ3v) is 4.69. The summed E-state index contributed by atoms with van der Waals surface area (Å²) >= 11 is 1.02. The third-order valence-electron chi connectivity index (χ3n) is 3.72. The van der Waals surface area contributed by atoms with Crippen LogP contribution in [-0.4, -0.2) is 34.5 Å². The van der Waals surface area contributed by atoms with E-state index in [-0.39, 0.29) is 11.1 Å². The molecule has 0 aliphatic carbocycles. The van der Waals surface area contributed by atoms with Crippen molar-refractivity contribution in [2.45, 2.75) is 12.3 Å². The van der Waals surface area contributed by atoms with Crippen molar-refractivity contribution in [3.8, 4) is 0 Å². The molecule has 6 heteroatoms. The zero-order valence-corrected chi connectivity index (χ0v) is 14.2. The lowest BCUT2D eigenvalue weighted by molar-refractivity contribution is -0.126. The molecule has 0 bridgehead atoms. The summed E-state index contributed by atoms with van der Waals surface area (Å²) in [6.07, 6.45) is 0. The van der Waals surface area contributed by atoms with E-state index in [1.165, 1.54) is 10.5 Å². The van der Waals surface area contributed by atoms with Crippen molar-refractivity contribution >= 4 is 34.3 Å². The van der Waals surface area contributed by atoms with Crippen molar-refractivity contribution in [2.75, 3.05) is 23.7 Å². The van der Waals surface area contributed by atoms with Crippen LogP contribution in [0.4, 0.5) is 16.2 Å². The second-order valence-electron chi connectivity index (χ2n) is 5.56. The molecule has 2 amide bonds. The average Bonchev–Trinajstić information content (AvgIpc) is 2.85. The molecule has 1 aliphatic heterocycles. The van der Waals surface area contributed by atoms with E-state index in [4.69, 9.17) is 0 Å². The van der Waals surface area contributed by atoms with Gasteiger partial charge in [-0.1, -0.05) is 35.9 Å². The highest BCUT2D eigenvalue weighted by molar-refractivity contribution is 8.15. The minimum absolute atomic E-state index is 0.195. The summed E-state index contributed by atoms with van der Waals surface area (Å²) in [6, 6.07) is 17.4. The normalized spacial score (nSPS) is 17.2. The summed E-state index contributed by atoms with van der Waals surface area (Å²) < 4.78 is 0. The van der Waals surface area contributed by atoms with Gasteiger partial charge in [-0.05, 0) is 43.0 Å². The van der Waals surface area contributed by atoms with Crippen LogP contribution in [0.15, 0.2) is 54.6 Å². The maximum Gasteiger partial charge on any atom is 0.290 e. The van der Waals surface area contributed by atoms with E-state index in [1.54, 1.807) is 0 Å². The summed E-state index contributed by atoms with van der Waals surface area (Å²) in [6.45, 7) is 2.91. The van der Waals surface area contributed by atoms with Gasteiger partial charge in [0.25, 0.3) is 11.1 Å². The highest BCUT2D eigenvalue weighted by Gasteiger charge is 2.39. The molecule has 1 saturated heterocycles. The molecule has 1 unspecified atom stereocenters. The van der Waals surface area contributed by atoms with E-state index in [9.17, 15) is 9.59 Å². The Morgan fingerprint density at radius 2 is 1.71 bits per heavy atom. The summed E-state index contributed by atoms with van der Waals surface area (Å²) in [5.41, 5.74) is 3.00. The number of nitrogens with one attached hydrogen (secondary N) is 2. The van der Waals surface area contributed by atoms with Gasteiger partial charge in [0.05, 0.1) is 0 Å². The minimum atomic E-state index is -0.556. The Balaban J connectivity index is 1.53. The van der Waals surface area contributed by atoms with Gasteiger partial charge >= 0.3 is 0 Å². The van der Waals surface area contributed by atoms with E-state index in [0.717, 1.165) is 23.1 Å². The van der Waals surface area contributed by atoms with Gasteiger partial charge in [0.15, 0.2) is 5.37 Å². The zero-order valence-electron chi connectivity index (χ0n) is 13.4. The van der Waals surface area contributed by atoms with Crippen molar-refractivity contribution in [1.29, 1.82) is 0 Å². The molecule has 1 fully saturated rings. The van der Waals surface area contributed by atoms with Crippen LogP contribution in [0.2, 0.25) is 0 Å². The molecule has 1 aliphatic rings. The van der Waals surface area contributed by atoms with E-state index in [0.29, 0.717) is 13.1 Å². The van der Waals surface area contributed by atoms with E-state index >= 15 is 0 Å². The molecular formula is C18H19N3O2S. The Labute approximate surface area is 145 Å². The number of hydrogen-bond donors (Lipinski definition) is 2. The van der Waals surface area contributed by atoms with Gasteiger partial charge in [0.2, 0.25) is 0 Å². The quantitative estimate of drug-likeness (QED) is 0.841. The number of aryl methyl sites for hydroxylation is 1. The number of carbonyl (C=O) groups excluding carboxylic acids is 2. The molecule has 2 aromatic rings. The highest BCUT2D eigenvalue weighted by atomic mass is 32.2. The molecule has 5 nitrogen and oxygen atoms in total. The standard InChI is InChI=1S/C18H19N3O2S/c1-13-7-9-14(10-8-13)19-11-12-21-17(22)16(24-18(21)23)20-15-5-3-2-4-6-15/h2-10,16,19-20H,11-12H2,1H3. The maximum absolute atomic E-state index is 12.4. The third kappa shape index (κ3) is 3.89. The van der Waals surface area contributed by atoms with Gasteiger partial charge < -0.3 is 10.6 Å². The number of carbonyl (C=O) groups is 2. The van der Waals surface area contributed by atoms with Crippen molar-refractivity contribution in [2.24, 2.45) is 0 Å². The first kappa shape index (κ1) is 16.4. The molecule has 0 radical (unpaired) electrons. The molecule has 124 valence electrons. The van der Waals surface area contributed by atoms with Crippen LogP contribution < -0.4 is 10.6 Å². The Kier molecular flexibility index (Phi) is 5.05. The van der Waals surface area contributed by atoms with Gasteiger partial charge in [-0.2, -0.15) is 0 Å². The maximum atomic E-state index is 12.4. The number of para-hydroxylation sites is 1. The van der Waals surface area contributed by atoms with Gasteiger partial charge in [-0.25, -0.2) is 0 Å². The van der Waals surface area contributed by atoms with E-state index < -0.39 is 5.37 Å². The van der Waals surface area contributed by atoms with Crippen LogP contribution in [-0.2, 0) is 4.79 Å². The topological polar surface area (TPSA) is 61.4 Å². The van der Waals surface area contributed by atoms with Gasteiger partial charge in [-0.3, -0.25) is 14.5 Å². The molecule has 0 aromatic heterocycles. The first-order chi connectivity index (χ1) is 11.6. The molecule has 3 rings (SSSR count). The molecule has 1 atom stereocenters. The fourth-order valence-corrected chi connectivity index (χ4v) is 3.34. The number of benzene rings is 2. The number of amides is 2. The highest BCUT2D eigenvalue weighted by Crippen LogP contribution is 2.27. The first-order valence-electron chi connectivity index (χ1n) is 7.77. The smallest absolute Gasteiger partial charge is 0.290 e. The SMILES string of the molecule is Cc1ccc(NCCN2C(=O)SC(Nc3ccccc3)C2=O)cc1. The molecule has 0 spiro atoms. The fraction of sp³-hybridized carbons (Fsp3) is 0.222. The monoisotopic (exact) mass is 341 g/mol. The summed E-state index contributed by atoms with van der Waals surface area (Å²) in [4.78, 5) is 25.8. The van der Waals surface area contributed by atoms with Gasteiger partial charge in [-0.15, -0.1) is 0 Å². The fourth-order valence-electron chi connectivity index (χ4n) is 2.41. The van der Waals surface area contributed by atoms with Crippen LogP contribution in [0.3, 0.4) is 0 Å².